The molecule has 0 aliphatic carbocycles. The van der Waals surface area contributed by atoms with Crippen LogP contribution in [0.4, 0.5) is 0 Å². The van der Waals surface area contributed by atoms with Crippen molar-refractivity contribution in [1.29, 1.82) is 5.26 Å². The highest BCUT2D eigenvalue weighted by molar-refractivity contribution is 6.31. The van der Waals surface area contributed by atoms with Crippen LogP contribution in [0.5, 0.6) is 0 Å². The number of hydrogen-bond donors (Lipinski definition) is 0. The minimum atomic E-state index is -0.512. The summed E-state index contributed by atoms with van der Waals surface area (Å²) in [7, 11) is 0. The largest absolute Gasteiger partial charge is 0.376 e. The zero-order valence-electron chi connectivity index (χ0n) is 10.0. The van der Waals surface area contributed by atoms with Crippen molar-refractivity contribution in [2.45, 2.75) is 13.0 Å². The first kappa shape index (κ1) is 12.9. The van der Waals surface area contributed by atoms with Crippen molar-refractivity contribution < 1.29 is 9.53 Å². The van der Waals surface area contributed by atoms with E-state index in [0.29, 0.717) is 23.7 Å². The summed E-state index contributed by atoms with van der Waals surface area (Å²) >= 11 is 5.93. The Morgan fingerprint density at radius 2 is 2.39 bits per heavy atom. The summed E-state index contributed by atoms with van der Waals surface area (Å²) in [6, 6.07) is 6.70. The molecule has 1 fully saturated rings. The molecule has 0 bridgehead atoms. The van der Waals surface area contributed by atoms with Gasteiger partial charge in [0.1, 0.15) is 6.04 Å². The van der Waals surface area contributed by atoms with E-state index in [1.807, 2.05) is 6.92 Å². The number of rotatable bonds is 1. The van der Waals surface area contributed by atoms with Gasteiger partial charge in [-0.1, -0.05) is 11.6 Å². The zero-order valence-corrected chi connectivity index (χ0v) is 10.8. The van der Waals surface area contributed by atoms with Crippen LogP contribution in [0.15, 0.2) is 18.2 Å². The molecule has 1 aromatic carbocycles. The first-order chi connectivity index (χ1) is 8.63. The second-order valence-electron chi connectivity index (χ2n) is 4.18. The first-order valence-corrected chi connectivity index (χ1v) is 6.06. The molecule has 1 aliphatic rings. The van der Waals surface area contributed by atoms with Gasteiger partial charge in [0.15, 0.2) is 0 Å². The van der Waals surface area contributed by atoms with E-state index in [9.17, 15) is 4.79 Å². The maximum atomic E-state index is 12.3. The Labute approximate surface area is 111 Å². The summed E-state index contributed by atoms with van der Waals surface area (Å²) in [4.78, 5) is 13.9. The second kappa shape index (κ2) is 5.38. The summed E-state index contributed by atoms with van der Waals surface area (Å²) in [6.07, 6.45) is 0. The fourth-order valence-corrected chi connectivity index (χ4v) is 2.01. The molecule has 4 nitrogen and oxygen atoms in total. The fraction of sp³-hybridized carbons (Fsp3) is 0.385. The number of benzene rings is 1. The van der Waals surface area contributed by atoms with Crippen LogP contribution in [0, 0.1) is 18.3 Å². The summed E-state index contributed by atoms with van der Waals surface area (Å²) in [5.41, 5.74) is 1.41. The van der Waals surface area contributed by atoms with E-state index in [1.54, 1.807) is 23.1 Å². The van der Waals surface area contributed by atoms with Gasteiger partial charge in [-0.15, -0.1) is 0 Å². The third kappa shape index (κ3) is 2.47. The molecular weight excluding hydrogens is 252 g/mol. The molecule has 0 spiro atoms. The smallest absolute Gasteiger partial charge is 0.255 e. The van der Waals surface area contributed by atoms with Gasteiger partial charge in [0.05, 0.1) is 19.3 Å². The van der Waals surface area contributed by atoms with E-state index >= 15 is 0 Å². The highest BCUT2D eigenvalue weighted by Gasteiger charge is 2.27. The van der Waals surface area contributed by atoms with Crippen molar-refractivity contribution >= 4 is 17.5 Å². The van der Waals surface area contributed by atoms with Gasteiger partial charge in [-0.05, 0) is 30.7 Å². The molecule has 1 heterocycles. The molecule has 0 N–H and O–H groups in total. The maximum Gasteiger partial charge on any atom is 0.255 e. The number of carbonyl (C=O) groups excluding carboxylic acids is 1. The number of nitrogens with zero attached hydrogens (tertiary/aromatic N) is 2. The van der Waals surface area contributed by atoms with Crippen molar-refractivity contribution in [1.82, 2.24) is 4.90 Å². The number of amides is 1. The van der Waals surface area contributed by atoms with Crippen molar-refractivity contribution in [3.8, 4) is 6.07 Å². The quantitative estimate of drug-likeness (QED) is 0.780. The SMILES string of the molecule is Cc1cc(C(=O)N2CCOC[C@H]2C#N)ccc1Cl. The monoisotopic (exact) mass is 264 g/mol. The van der Waals surface area contributed by atoms with E-state index < -0.39 is 6.04 Å². The third-order valence-corrected chi connectivity index (χ3v) is 3.37. The van der Waals surface area contributed by atoms with Crippen molar-refractivity contribution in [3.63, 3.8) is 0 Å². The molecule has 1 saturated heterocycles. The Kier molecular flexibility index (Phi) is 3.85. The Morgan fingerprint density at radius 1 is 1.61 bits per heavy atom. The van der Waals surface area contributed by atoms with Gasteiger partial charge >= 0.3 is 0 Å². The lowest BCUT2D eigenvalue weighted by Crippen LogP contribution is -2.47. The number of carbonyl (C=O) groups is 1. The van der Waals surface area contributed by atoms with Gasteiger partial charge in [0, 0.05) is 17.1 Å². The van der Waals surface area contributed by atoms with Gasteiger partial charge in [-0.2, -0.15) is 5.26 Å². The lowest BCUT2D eigenvalue weighted by atomic mass is 10.1. The number of aryl methyl sites for hydroxylation is 1. The standard InChI is InChI=1S/C13H13ClN2O2/c1-9-6-10(2-3-12(9)14)13(17)16-4-5-18-8-11(16)7-15/h2-3,6,11H,4-5,8H2,1H3/t11-/m1/s1. The topological polar surface area (TPSA) is 53.3 Å². The lowest BCUT2D eigenvalue weighted by molar-refractivity contribution is 0.0132. The molecule has 18 heavy (non-hydrogen) atoms. The minimum absolute atomic E-state index is 0.149. The Bertz CT molecular complexity index is 510. The Balaban J connectivity index is 2.24. The average Bonchev–Trinajstić information content (AvgIpc) is 2.41. The molecule has 2 rings (SSSR count). The molecule has 1 atom stereocenters. The van der Waals surface area contributed by atoms with Gasteiger partial charge in [-0.3, -0.25) is 4.79 Å². The molecule has 94 valence electrons. The molecule has 0 saturated carbocycles. The number of morpholine rings is 1. The molecular formula is C13H13ClN2O2. The van der Waals surface area contributed by atoms with Gasteiger partial charge in [-0.25, -0.2) is 0 Å². The lowest BCUT2D eigenvalue weighted by Gasteiger charge is -2.31. The summed E-state index contributed by atoms with van der Waals surface area (Å²) in [5.74, 6) is -0.149. The number of hydrogen-bond acceptors (Lipinski definition) is 3. The molecule has 1 aromatic rings. The van der Waals surface area contributed by atoms with Crippen LogP contribution < -0.4 is 0 Å². The molecule has 5 heteroatoms. The van der Waals surface area contributed by atoms with Gasteiger partial charge < -0.3 is 9.64 Å². The van der Waals surface area contributed by atoms with Crippen molar-refractivity contribution in [3.05, 3.63) is 34.3 Å². The molecule has 0 aromatic heterocycles. The number of nitriles is 1. The highest BCUT2D eigenvalue weighted by atomic mass is 35.5. The molecule has 0 radical (unpaired) electrons. The Hall–Kier alpha value is -1.57. The van der Waals surface area contributed by atoms with Crippen LogP contribution in [0.2, 0.25) is 5.02 Å². The van der Waals surface area contributed by atoms with Crippen LogP contribution >= 0.6 is 11.6 Å². The number of ether oxygens (including phenoxy) is 1. The maximum absolute atomic E-state index is 12.3. The number of halogens is 1. The van der Waals surface area contributed by atoms with Crippen LogP contribution in [0.25, 0.3) is 0 Å². The zero-order chi connectivity index (χ0) is 13.1. The predicted octanol–water partition coefficient (Wildman–Crippen LogP) is 2.01. The molecule has 0 unspecified atom stereocenters. The van der Waals surface area contributed by atoms with E-state index in [2.05, 4.69) is 6.07 Å². The van der Waals surface area contributed by atoms with Crippen LogP contribution in [0.1, 0.15) is 15.9 Å². The van der Waals surface area contributed by atoms with Gasteiger partial charge in [0.25, 0.3) is 5.91 Å². The predicted molar refractivity (Wildman–Crippen MR) is 67.4 cm³/mol. The van der Waals surface area contributed by atoms with Crippen LogP contribution in [0.3, 0.4) is 0 Å². The van der Waals surface area contributed by atoms with E-state index in [0.717, 1.165) is 5.56 Å². The van der Waals surface area contributed by atoms with Crippen LogP contribution in [-0.2, 0) is 4.74 Å². The molecule has 1 aliphatic heterocycles. The highest BCUT2D eigenvalue weighted by Crippen LogP contribution is 2.19. The summed E-state index contributed by atoms with van der Waals surface area (Å²) in [5, 5.41) is 9.64. The summed E-state index contributed by atoms with van der Waals surface area (Å²) < 4.78 is 5.19. The third-order valence-electron chi connectivity index (χ3n) is 2.94. The second-order valence-corrected chi connectivity index (χ2v) is 4.59. The van der Waals surface area contributed by atoms with Crippen LogP contribution in [-0.4, -0.2) is 36.6 Å². The summed E-state index contributed by atoms with van der Waals surface area (Å²) in [6.45, 7) is 3.03. The van der Waals surface area contributed by atoms with Gasteiger partial charge in [0.2, 0.25) is 0 Å². The Morgan fingerprint density at radius 3 is 3.06 bits per heavy atom. The van der Waals surface area contributed by atoms with E-state index in [1.165, 1.54) is 0 Å². The van der Waals surface area contributed by atoms with Crippen molar-refractivity contribution in [2.75, 3.05) is 19.8 Å². The molecule has 1 amide bonds. The van der Waals surface area contributed by atoms with E-state index in [-0.39, 0.29) is 12.5 Å². The first-order valence-electron chi connectivity index (χ1n) is 5.68. The fourth-order valence-electron chi connectivity index (χ4n) is 1.90. The van der Waals surface area contributed by atoms with Crippen molar-refractivity contribution in [2.24, 2.45) is 0 Å². The minimum Gasteiger partial charge on any atom is -0.376 e. The normalized spacial score (nSPS) is 19.4. The average molecular weight is 265 g/mol. The van der Waals surface area contributed by atoms with E-state index in [4.69, 9.17) is 21.6 Å².